The van der Waals surface area contributed by atoms with Crippen molar-refractivity contribution in [1.29, 1.82) is 15.8 Å². The highest BCUT2D eigenvalue weighted by Gasteiger charge is 2.66. The largest absolute Gasteiger partial charge is 0.395 e. The first-order valence-electron chi connectivity index (χ1n) is 4.70. The summed E-state index contributed by atoms with van der Waals surface area (Å²) in [4.78, 5) is 10.4. The molecule has 2 N–H and O–H groups in total. The van der Waals surface area contributed by atoms with Gasteiger partial charge in [-0.3, -0.25) is 10.1 Å². The van der Waals surface area contributed by atoms with Crippen LogP contribution in [-0.4, -0.2) is 10.5 Å². The number of nitrogens with two attached hydrogens (primary N) is 1. The third-order valence-corrected chi connectivity index (χ3v) is 3.55. The molecule has 0 unspecified atom stereocenters. The molecule has 7 nitrogen and oxygen atoms in total. The number of hydrogen-bond acceptors (Lipinski definition) is 6. The van der Waals surface area contributed by atoms with Crippen molar-refractivity contribution in [2.24, 2.45) is 17.1 Å². The molecule has 0 bridgehead atoms. The van der Waals surface area contributed by atoms with E-state index in [9.17, 15) is 10.1 Å². The van der Waals surface area contributed by atoms with Gasteiger partial charge >= 0.3 is 0 Å². The Morgan fingerprint density at radius 3 is 2.12 bits per heavy atom. The Kier molecular flexibility index (Phi) is 2.54. The van der Waals surface area contributed by atoms with Crippen molar-refractivity contribution in [2.45, 2.75) is 19.4 Å². The monoisotopic (exact) mass is 231 g/mol. The average Bonchev–Trinajstić information content (AvgIpc) is 2.48. The van der Waals surface area contributed by atoms with Crippen molar-refractivity contribution in [1.82, 2.24) is 0 Å². The summed E-state index contributed by atoms with van der Waals surface area (Å²) in [7, 11) is 0. The first kappa shape index (κ1) is 12.5. The standard InChI is InChI=1S/C10H9N5O2/c1-6-9(2,15(16)17)8(14)7(3-11)10(6,4-12)5-13/h6H,14H2,1-2H3/t6-,9+/m1/s1. The third kappa shape index (κ3) is 1.12. The Morgan fingerprint density at radius 2 is 1.88 bits per heavy atom. The highest BCUT2D eigenvalue weighted by atomic mass is 16.6. The maximum Gasteiger partial charge on any atom is 0.264 e. The maximum absolute atomic E-state index is 11.1. The normalized spacial score (nSPS) is 30.2. The lowest BCUT2D eigenvalue weighted by Crippen LogP contribution is -2.46. The van der Waals surface area contributed by atoms with Gasteiger partial charge in [-0.05, 0) is 0 Å². The molecule has 2 atom stereocenters. The number of nitro groups is 1. The van der Waals surface area contributed by atoms with E-state index in [1.54, 1.807) is 18.2 Å². The molecular formula is C10H9N5O2. The predicted molar refractivity (Wildman–Crippen MR) is 55.0 cm³/mol. The topological polar surface area (TPSA) is 141 Å². The summed E-state index contributed by atoms with van der Waals surface area (Å²) >= 11 is 0. The molecule has 86 valence electrons. The summed E-state index contributed by atoms with van der Waals surface area (Å²) < 4.78 is 0. The van der Waals surface area contributed by atoms with Gasteiger partial charge in [-0.25, -0.2) is 0 Å². The van der Waals surface area contributed by atoms with Gasteiger partial charge in [0.15, 0.2) is 5.41 Å². The predicted octanol–water partition coefficient (Wildman–Crippen LogP) is 0.441. The lowest BCUT2D eigenvalue weighted by Gasteiger charge is -2.25. The molecule has 0 aromatic heterocycles. The van der Waals surface area contributed by atoms with Gasteiger partial charge in [0, 0.05) is 11.8 Å². The molecule has 0 aliphatic heterocycles. The molecule has 0 saturated carbocycles. The Hall–Kier alpha value is -2.59. The smallest absolute Gasteiger partial charge is 0.264 e. The Bertz CT molecular complexity index is 531. The van der Waals surface area contributed by atoms with Crippen molar-refractivity contribution < 1.29 is 4.92 Å². The Balaban J connectivity index is 3.70. The average molecular weight is 231 g/mol. The van der Waals surface area contributed by atoms with Gasteiger partial charge < -0.3 is 5.73 Å². The van der Waals surface area contributed by atoms with E-state index in [1.807, 2.05) is 0 Å². The summed E-state index contributed by atoms with van der Waals surface area (Å²) in [5, 5.41) is 38.2. The van der Waals surface area contributed by atoms with Crippen LogP contribution in [-0.2, 0) is 0 Å². The zero-order valence-electron chi connectivity index (χ0n) is 9.26. The minimum atomic E-state index is -1.85. The summed E-state index contributed by atoms with van der Waals surface area (Å²) in [5.74, 6) is -0.991. The number of nitriles is 3. The van der Waals surface area contributed by atoms with Gasteiger partial charge in [0.2, 0.25) is 0 Å². The van der Waals surface area contributed by atoms with Crippen LogP contribution in [0.15, 0.2) is 11.3 Å². The molecule has 0 spiro atoms. The van der Waals surface area contributed by atoms with Gasteiger partial charge in [-0.15, -0.1) is 0 Å². The lowest BCUT2D eigenvalue weighted by atomic mass is 9.73. The fraction of sp³-hybridized carbons (Fsp3) is 0.500. The molecule has 0 heterocycles. The fourth-order valence-corrected chi connectivity index (χ4v) is 2.07. The third-order valence-electron chi connectivity index (χ3n) is 3.55. The molecule has 1 rings (SSSR count). The zero-order chi connectivity index (χ0) is 13.4. The van der Waals surface area contributed by atoms with Crippen LogP contribution < -0.4 is 5.73 Å². The maximum atomic E-state index is 11.1. The minimum absolute atomic E-state index is 0.305. The number of rotatable bonds is 1. The van der Waals surface area contributed by atoms with Gasteiger partial charge in [0.25, 0.3) is 5.54 Å². The quantitative estimate of drug-likeness (QED) is 0.512. The van der Waals surface area contributed by atoms with Crippen LogP contribution in [0.4, 0.5) is 0 Å². The molecule has 0 amide bonds. The summed E-state index contributed by atoms with van der Waals surface area (Å²) in [6.45, 7) is 2.60. The first-order valence-corrected chi connectivity index (χ1v) is 4.70. The van der Waals surface area contributed by atoms with Crippen LogP contribution in [0.2, 0.25) is 0 Å². The molecule has 0 fully saturated rings. The number of allylic oxidation sites excluding steroid dienone is 1. The van der Waals surface area contributed by atoms with Crippen LogP contribution in [0.5, 0.6) is 0 Å². The van der Waals surface area contributed by atoms with Crippen LogP contribution in [0.3, 0.4) is 0 Å². The summed E-state index contributed by atoms with van der Waals surface area (Å²) in [6.07, 6.45) is 0. The zero-order valence-corrected chi connectivity index (χ0v) is 9.26. The van der Waals surface area contributed by atoms with Crippen molar-refractivity contribution in [3.05, 3.63) is 21.4 Å². The molecule has 1 aliphatic rings. The number of hydrogen-bond donors (Lipinski definition) is 1. The second kappa shape index (κ2) is 3.47. The summed E-state index contributed by atoms with van der Waals surface area (Å²) in [6, 6.07) is 5.04. The molecule has 7 heteroatoms. The van der Waals surface area contributed by atoms with Crippen molar-refractivity contribution in [3.8, 4) is 18.2 Å². The molecule has 0 aromatic rings. The summed E-state index contributed by atoms with van der Waals surface area (Å²) in [5.41, 5.74) is 1.37. The van der Waals surface area contributed by atoms with Crippen molar-refractivity contribution in [3.63, 3.8) is 0 Å². The van der Waals surface area contributed by atoms with E-state index in [0.29, 0.717) is 0 Å². The van der Waals surface area contributed by atoms with Gasteiger partial charge in [-0.2, -0.15) is 15.8 Å². The molecule has 17 heavy (non-hydrogen) atoms. The second-order valence-corrected chi connectivity index (χ2v) is 4.06. The van der Waals surface area contributed by atoms with Gasteiger partial charge in [-0.1, -0.05) is 6.92 Å². The SMILES string of the molecule is C[C@H]1C(C#N)(C#N)C(C#N)=C(N)[C@@]1(C)[N+](=O)[O-]. The molecule has 0 saturated heterocycles. The van der Waals surface area contributed by atoms with E-state index < -0.39 is 21.8 Å². The van der Waals surface area contributed by atoms with Crippen molar-refractivity contribution >= 4 is 0 Å². The molecule has 0 radical (unpaired) electrons. The van der Waals surface area contributed by atoms with Crippen LogP contribution in [0.25, 0.3) is 0 Å². The molecule has 1 aliphatic carbocycles. The van der Waals surface area contributed by atoms with Crippen molar-refractivity contribution in [2.75, 3.05) is 0 Å². The van der Waals surface area contributed by atoms with E-state index in [-0.39, 0.29) is 11.3 Å². The Labute approximate surface area is 97.5 Å². The van der Waals surface area contributed by atoms with Crippen LogP contribution >= 0.6 is 0 Å². The van der Waals surface area contributed by atoms with Gasteiger partial charge in [0.1, 0.15) is 5.70 Å². The van der Waals surface area contributed by atoms with E-state index in [4.69, 9.17) is 21.5 Å². The van der Waals surface area contributed by atoms with Crippen LogP contribution in [0, 0.1) is 55.4 Å². The number of nitrogens with zero attached hydrogens (tertiary/aromatic N) is 4. The Morgan fingerprint density at radius 1 is 1.41 bits per heavy atom. The van der Waals surface area contributed by atoms with Gasteiger partial charge in [0.05, 0.1) is 29.7 Å². The van der Waals surface area contributed by atoms with E-state index in [2.05, 4.69) is 0 Å². The second-order valence-electron chi connectivity index (χ2n) is 4.06. The minimum Gasteiger partial charge on any atom is -0.395 e. The fourth-order valence-electron chi connectivity index (χ4n) is 2.07. The lowest BCUT2D eigenvalue weighted by molar-refractivity contribution is -0.563. The van der Waals surface area contributed by atoms with E-state index in [0.717, 1.165) is 0 Å². The van der Waals surface area contributed by atoms with E-state index >= 15 is 0 Å². The van der Waals surface area contributed by atoms with E-state index in [1.165, 1.54) is 13.8 Å². The molecular weight excluding hydrogens is 222 g/mol. The first-order chi connectivity index (χ1) is 7.82. The van der Waals surface area contributed by atoms with Crippen LogP contribution in [0.1, 0.15) is 13.8 Å². The highest BCUT2D eigenvalue weighted by molar-refractivity contribution is 5.53. The highest BCUT2D eigenvalue weighted by Crippen LogP contribution is 2.51. The molecule has 0 aromatic carbocycles.